The quantitative estimate of drug-likeness (QED) is 0.869. The van der Waals surface area contributed by atoms with Gasteiger partial charge in [0.15, 0.2) is 0 Å². The highest BCUT2D eigenvalue weighted by Gasteiger charge is 2.36. The van der Waals surface area contributed by atoms with E-state index in [-0.39, 0.29) is 0 Å². The van der Waals surface area contributed by atoms with Crippen molar-refractivity contribution in [2.75, 3.05) is 13.1 Å². The Hall–Kier alpha value is -0.760. The fourth-order valence-electron chi connectivity index (χ4n) is 3.49. The maximum atomic E-state index is 5.32. The lowest BCUT2D eigenvalue weighted by Crippen LogP contribution is -2.35. The van der Waals surface area contributed by atoms with Crippen molar-refractivity contribution in [1.82, 2.24) is 5.32 Å². The summed E-state index contributed by atoms with van der Waals surface area (Å²) in [5.41, 5.74) is 1.82. The number of nitrogens with one attached hydrogen (secondary N) is 1. The Balaban J connectivity index is 2.10. The van der Waals surface area contributed by atoms with E-state index in [1.165, 1.54) is 24.8 Å². The average Bonchev–Trinajstić information content (AvgIpc) is 2.88. The van der Waals surface area contributed by atoms with Crippen LogP contribution in [0.25, 0.3) is 0 Å². The van der Waals surface area contributed by atoms with Crippen LogP contribution in [-0.2, 0) is 0 Å². The molecule has 3 unspecified atom stereocenters. The zero-order valence-electron chi connectivity index (χ0n) is 12.9. The minimum absolute atomic E-state index is 0.422. The van der Waals surface area contributed by atoms with E-state index in [2.05, 4.69) is 39.1 Å². The van der Waals surface area contributed by atoms with Gasteiger partial charge < -0.3 is 9.73 Å². The molecule has 1 aromatic heterocycles. The van der Waals surface area contributed by atoms with Gasteiger partial charge in [-0.25, -0.2) is 0 Å². The van der Waals surface area contributed by atoms with Crippen LogP contribution in [0.3, 0.4) is 0 Å². The first-order chi connectivity index (χ1) is 9.02. The highest BCUT2D eigenvalue weighted by atomic mass is 16.3. The minimum atomic E-state index is 0.422. The maximum absolute atomic E-state index is 5.32. The Bertz CT molecular complexity index is 363. The van der Waals surface area contributed by atoms with Crippen LogP contribution in [0.5, 0.6) is 0 Å². The highest BCUT2D eigenvalue weighted by Crippen LogP contribution is 2.46. The van der Waals surface area contributed by atoms with Crippen molar-refractivity contribution < 1.29 is 4.42 Å². The summed E-state index contributed by atoms with van der Waals surface area (Å²) in [6, 6.07) is 2.16. The molecule has 1 fully saturated rings. The van der Waals surface area contributed by atoms with Crippen LogP contribution in [0.15, 0.2) is 23.0 Å². The SMILES string of the molecule is CCNCC1CCC(C(C)(C)C)CC1c1ccoc1. The molecule has 1 aliphatic carbocycles. The van der Waals surface area contributed by atoms with Crippen molar-refractivity contribution in [2.45, 2.75) is 52.9 Å². The molecule has 0 aliphatic heterocycles. The minimum Gasteiger partial charge on any atom is -0.472 e. The zero-order chi connectivity index (χ0) is 13.9. The third kappa shape index (κ3) is 3.62. The predicted molar refractivity (Wildman–Crippen MR) is 80.3 cm³/mol. The summed E-state index contributed by atoms with van der Waals surface area (Å²) in [5.74, 6) is 2.25. The number of furan rings is 1. The molecule has 0 radical (unpaired) electrons. The zero-order valence-corrected chi connectivity index (χ0v) is 12.9. The van der Waals surface area contributed by atoms with E-state index >= 15 is 0 Å². The highest BCUT2D eigenvalue weighted by molar-refractivity contribution is 5.15. The van der Waals surface area contributed by atoms with E-state index in [4.69, 9.17) is 4.42 Å². The summed E-state index contributed by atoms with van der Waals surface area (Å²) in [5, 5.41) is 3.53. The topological polar surface area (TPSA) is 25.2 Å². The van der Waals surface area contributed by atoms with E-state index in [1.807, 2.05) is 12.5 Å². The van der Waals surface area contributed by atoms with Crippen LogP contribution in [0, 0.1) is 17.3 Å². The Kier molecular flexibility index (Phi) is 4.72. The van der Waals surface area contributed by atoms with Crippen molar-refractivity contribution in [3.8, 4) is 0 Å². The summed E-state index contributed by atoms with van der Waals surface area (Å²) in [7, 11) is 0. The van der Waals surface area contributed by atoms with E-state index < -0.39 is 0 Å². The van der Waals surface area contributed by atoms with Crippen LogP contribution in [0.4, 0.5) is 0 Å². The smallest absolute Gasteiger partial charge is 0.0937 e. The van der Waals surface area contributed by atoms with Gasteiger partial charge in [-0.2, -0.15) is 0 Å². The Morgan fingerprint density at radius 3 is 2.68 bits per heavy atom. The summed E-state index contributed by atoms with van der Waals surface area (Å²) >= 11 is 0. The molecule has 2 nitrogen and oxygen atoms in total. The Morgan fingerprint density at radius 1 is 1.32 bits per heavy atom. The second kappa shape index (κ2) is 6.13. The lowest BCUT2D eigenvalue weighted by atomic mass is 9.64. The molecule has 2 rings (SSSR count). The molecule has 0 aromatic carbocycles. The van der Waals surface area contributed by atoms with Gasteiger partial charge in [0.2, 0.25) is 0 Å². The van der Waals surface area contributed by atoms with Gasteiger partial charge in [-0.1, -0.05) is 27.7 Å². The third-order valence-corrected chi connectivity index (χ3v) is 4.85. The fourth-order valence-corrected chi connectivity index (χ4v) is 3.49. The molecule has 108 valence electrons. The fraction of sp³-hybridized carbons (Fsp3) is 0.765. The van der Waals surface area contributed by atoms with Gasteiger partial charge in [-0.3, -0.25) is 0 Å². The molecule has 1 aliphatic rings. The summed E-state index contributed by atoms with van der Waals surface area (Å²) < 4.78 is 5.32. The largest absolute Gasteiger partial charge is 0.472 e. The standard InChI is InChI=1S/C17H29NO/c1-5-18-11-13-6-7-15(17(2,3)4)10-16(13)14-8-9-19-12-14/h8-9,12-13,15-16,18H,5-7,10-11H2,1-4H3. The van der Waals surface area contributed by atoms with E-state index in [0.717, 1.165) is 24.9 Å². The van der Waals surface area contributed by atoms with Crippen LogP contribution < -0.4 is 5.32 Å². The molecule has 2 heteroatoms. The molecule has 1 saturated carbocycles. The molecular formula is C17H29NO. The van der Waals surface area contributed by atoms with E-state index in [1.54, 1.807) is 0 Å². The Morgan fingerprint density at radius 2 is 2.11 bits per heavy atom. The first-order valence-electron chi connectivity index (χ1n) is 7.75. The van der Waals surface area contributed by atoms with Gasteiger partial charge in [0.05, 0.1) is 12.5 Å². The third-order valence-electron chi connectivity index (χ3n) is 4.85. The molecule has 1 heterocycles. The molecule has 1 aromatic rings. The van der Waals surface area contributed by atoms with Gasteiger partial charge in [0.25, 0.3) is 0 Å². The lowest BCUT2D eigenvalue weighted by molar-refractivity contribution is 0.129. The van der Waals surface area contributed by atoms with Gasteiger partial charge in [-0.05, 0) is 67.2 Å². The van der Waals surface area contributed by atoms with E-state index in [9.17, 15) is 0 Å². The maximum Gasteiger partial charge on any atom is 0.0937 e. The average molecular weight is 263 g/mol. The van der Waals surface area contributed by atoms with Crippen molar-refractivity contribution >= 4 is 0 Å². The Labute approximate surface area is 118 Å². The monoisotopic (exact) mass is 263 g/mol. The molecule has 0 saturated heterocycles. The first kappa shape index (κ1) is 14.6. The van der Waals surface area contributed by atoms with Gasteiger partial charge >= 0.3 is 0 Å². The molecular weight excluding hydrogens is 234 g/mol. The van der Waals surface area contributed by atoms with Gasteiger partial charge in [0.1, 0.15) is 0 Å². The van der Waals surface area contributed by atoms with Crippen molar-refractivity contribution in [3.05, 3.63) is 24.2 Å². The summed E-state index contributed by atoms with van der Waals surface area (Å²) in [6.07, 6.45) is 7.78. The molecule has 0 spiro atoms. The van der Waals surface area contributed by atoms with Gasteiger partial charge in [-0.15, -0.1) is 0 Å². The first-order valence-corrected chi connectivity index (χ1v) is 7.75. The van der Waals surface area contributed by atoms with E-state index in [0.29, 0.717) is 11.3 Å². The molecule has 3 atom stereocenters. The van der Waals surface area contributed by atoms with Crippen LogP contribution in [0.2, 0.25) is 0 Å². The number of rotatable bonds is 4. The second-order valence-corrected chi connectivity index (χ2v) is 7.11. The molecule has 19 heavy (non-hydrogen) atoms. The summed E-state index contributed by atoms with van der Waals surface area (Å²) in [6.45, 7) is 11.5. The predicted octanol–water partition coefficient (Wildman–Crippen LogP) is 4.44. The molecule has 0 bridgehead atoms. The van der Waals surface area contributed by atoms with Crippen molar-refractivity contribution in [2.24, 2.45) is 17.3 Å². The van der Waals surface area contributed by atoms with Crippen LogP contribution >= 0.6 is 0 Å². The van der Waals surface area contributed by atoms with Crippen LogP contribution in [0.1, 0.15) is 58.4 Å². The van der Waals surface area contributed by atoms with Crippen molar-refractivity contribution in [1.29, 1.82) is 0 Å². The van der Waals surface area contributed by atoms with Gasteiger partial charge in [0, 0.05) is 0 Å². The second-order valence-electron chi connectivity index (χ2n) is 7.11. The molecule has 1 N–H and O–H groups in total. The molecule has 0 amide bonds. The van der Waals surface area contributed by atoms with Crippen LogP contribution in [-0.4, -0.2) is 13.1 Å². The van der Waals surface area contributed by atoms with Crippen molar-refractivity contribution in [3.63, 3.8) is 0 Å². The normalized spacial score (nSPS) is 28.5. The number of hydrogen-bond acceptors (Lipinski definition) is 2. The lowest BCUT2D eigenvalue weighted by Gasteiger charge is -2.41. The number of hydrogen-bond donors (Lipinski definition) is 1. The summed E-state index contributed by atoms with van der Waals surface area (Å²) in [4.78, 5) is 0.